The van der Waals surface area contributed by atoms with Gasteiger partial charge in [-0.1, -0.05) is 19.9 Å². The zero-order valence-electron chi connectivity index (χ0n) is 12.2. The average molecular weight is 294 g/mol. The van der Waals surface area contributed by atoms with E-state index in [0.717, 1.165) is 0 Å². The summed E-state index contributed by atoms with van der Waals surface area (Å²) in [7, 11) is 0. The van der Waals surface area contributed by atoms with Gasteiger partial charge in [0.05, 0.1) is 4.88 Å². The highest BCUT2D eigenvalue weighted by Crippen LogP contribution is 2.32. The first-order valence-corrected chi connectivity index (χ1v) is 8.01. The Morgan fingerprint density at radius 2 is 1.95 bits per heavy atom. The maximum absolute atomic E-state index is 12.3. The van der Waals surface area contributed by atoms with Gasteiger partial charge < -0.3 is 10.6 Å². The minimum absolute atomic E-state index is 0.0605. The van der Waals surface area contributed by atoms with E-state index in [0.29, 0.717) is 10.8 Å². The van der Waals surface area contributed by atoms with Crippen molar-refractivity contribution in [3.63, 3.8) is 0 Å². The van der Waals surface area contributed by atoms with Crippen LogP contribution in [0, 0.1) is 11.8 Å². The Bertz CT molecular complexity index is 466. The molecule has 1 aliphatic carbocycles. The first kappa shape index (κ1) is 15.0. The molecule has 20 heavy (non-hydrogen) atoms. The Hall–Kier alpha value is -1.36. The topological polar surface area (TPSA) is 58.2 Å². The van der Waals surface area contributed by atoms with Crippen LogP contribution in [0.15, 0.2) is 17.5 Å². The molecule has 0 bridgehead atoms. The van der Waals surface area contributed by atoms with Crippen molar-refractivity contribution in [3.05, 3.63) is 22.4 Å². The smallest absolute Gasteiger partial charge is 0.262 e. The number of carbonyl (C=O) groups excluding carboxylic acids is 2. The van der Waals surface area contributed by atoms with E-state index in [1.807, 2.05) is 32.2 Å². The largest absolute Gasteiger partial charge is 0.352 e. The zero-order valence-corrected chi connectivity index (χ0v) is 13.0. The van der Waals surface area contributed by atoms with Gasteiger partial charge in [0.2, 0.25) is 5.91 Å². The third kappa shape index (κ3) is 3.82. The van der Waals surface area contributed by atoms with Gasteiger partial charge in [0.1, 0.15) is 6.04 Å². The first-order valence-electron chi connectivity index (χ1n) is 7.13. The van der Waals surface area contributed by atoms with E-state index in [9.17, 15) is 9.59 Å². The molecule has 1 saturated carbocycles. The van der Waals surface area contributed by atoms with E-state index in [1.54, 1.807) is 6.07 Å². The van der Waals surface area contributed by atoms with Gasteiger partial charge in [-0.15, -0.1) is 11.3 Å². The van der Waals surface area contributed by atoms with E-state index in [4.69, 9.17) is 0 Å². The molecule has 2 amide bonds. The molecule has 2 atom stereocenters. The van der Waals surface area contributed by atoms with Gasteiger partial charge in [-0.3, -0.25) is 9.59 Å². The molecule has 1 heterocycles. The van der Waals surface area contributed by atoms with Crippen molar-refractivity contribution >= 4 is 23.2 Å². The predicted molar refractivity (Wildman–Crippen MR) is 80.7 cm³/mol. The molecule has 0 aromatic carbocycles. The second-order valence-electron chi connectivity index (χ2n) is 5.81. The van der Waals surface area contributed by atoms with E-state index in [-0.39, 0.29) is 23.8 Å². The minimum atomic E-state index is -0.481. The molecule has 110 valence electrons. The van der Waals surface area contributed by atoms with E-state index < -0.39 is 6.04 Å². The standard InChI is InChI=1S/C15H22N2O2S/c1-9(2)13(15(19)16-10(3)11-6-7-11)17-14(18)12-5-4-8-20-12/h4-5,8-11,13H,6-7H2,1-3H3,(H,16,19)(H,17,18)/t10-,13-/m0/s1. The Kier molecular flexibility index (Phi) is 4.81. The highest BCUT2D eigenvalue weighted by atomic mass is 32.1. The molecule has 0 spiro atoms. The van der Waals surface area contributed by atoms with Crippen LogP contribution in [0.25, 0.3) is 0 Å². The van der Waals surface area contributed by atoms with E-state index in [1.165, 1.54) is 24.2 Å². The van der Waals surface area contributed by atoms with Crippen LogP contribution in [-0.4, -0.2) is 23.9 Å². The molecule has 1 fully saturated rings. The van der Waals surface area contributed by atoms with Crippen LogP contribution in [0.2, 0.25) is 0 Å². The van der Waals surface area contributed by atoms with Gasteiger partial charge in [-0.05, 0) is 43.0 Å². The molecule has 2 rings (SSSR count). The first-order chi connectivity index (χ1) is 9.49. The third-order valence-electron chi connectivity index (χ3n) is 3.68. The molecule has 0 aliphatic heterocycles. The molecule has 1 aromatic rings. The van der Waals surface area contributed by atoms with Crippen LogP contribution < -0.4 is 10.6 Å². The summed E-state index contributed by atoms with van der Waals surface area (Å²) in [5.74, 6) is 0.419. The van der Waals surface area contributed by atoms with Crippen molar-refractivity contribution in [3.8, 4) is 0 Å². The number of amides is 2. The van der Waals surface area contributed by atoms with Crippen LogP contribution in [0.4, 0.5) is 0 Å². The number of rotatable bonds is 6. The van der Waals surface area contributed by atoms with Gasteiger partial charge in [0, 0.05) is 6.04 Å². The van der Waals surface area contributed by atoms with Crippen molar-refractivity contribution < 1.29 is 9.59 Å². The highest BCUT2D eigenvalue weighted by Gasteiger charge is 2.32. The summed E-state index contributed by atoms with van der Waals surface area (Å²) < 4.78 is 0. The lowest BCUT2D eigenvalue weighted by atomic mass is 10.0. The molecule has 1 aliphatic rings. The predicted octanol–water partition coefficient (Wildman–Crippen LogP) is 2.42. The van der Waals surface area contributed by atoms with Gasteiger partial charge in [0.15, 0.2) is 0 Å². The molecule has 0 saturated heterocycles. The van der Waals surface area contributed by atoms with Gasteiger partial charge >= 0.3 is 0 Å². The fourth-order valence-corrected chi connectivity index (χ4v) is 2.81. The molecule has 5 heteroatoms. The fraction of sp³-hybridized carbons (Fsp3) is 0.600. The molecule has 4 nitrogen and oxygen atoms in total. The normalized spacial score (nSPS) is 17.6. The minimum Gasteiger partial charge on any atom is -0.352 e. The highest BCUT2D eigenvalue weighted by molar-refractivity contribution is 7.12. The second kappa shape index (κ2) is 6.39. The number of thiophene rings is 1. The Balaban J connectivity index is 1.95. The number of hydrogen-bond donors (Lipinski definition) is 2. The van der Waals surface area contributed by atoms with Crippen LogP contribution in [0.3, 0.4) is 0 Å². The Morgan fingerprint density at radius 3 is 2.45 bits per heavy atom. The Labute approximate surface area is 124 Å². The van der Waals surface area contributed by atoms with Crippen LogP contribution in [0.1, 0.15) is 43.3 Å². The quantitative estimate of drug-likeness (QED) is 0.846. The van der Waals surface area contributed by atoms with Crippen LogP contribution in [-0.2, 0) is 4.79 Å². The second-order valence-corrected chi connectivity index (χ2v) is 6.75. The maximum Gasteiger partial charge on any atom is 0.262 e. The maximum atomic E-state index is 12.3. The summed E-state index contributed by atoms with van der Waals surface area (Å²) in [4.78, 5) is 25.0. The summed E-state index contributed by atoms with van der Waals surface area (Å²) >= 11 is 1.38. The number of hydrogen-bond acceptors (Lipinski definition) is 3. The zero-order chi connectivity index (χ0) is 14.7. The molecular formula is C15H22N2O2S. The number of nitrogens with one attached hydrogen (secondary N) is 2. The monoisotopic (exact) mass is 294 g/mol. The van der Waals surface area contributed by atoms with Gasteiger partial charge in [0.25, 0.3) is 5.91 Å². The van der Waals surface area contributed by atoms with Crippen molar-refractivity contribution in [2.24, 2.45) is 11.8 Å². The summed E-state index contributed by atoms with van der Waals surface area (Å²) in [6.07, 6.45) is 2.38. The molecule has 1 aromatic heterocycles. The number of carbonyl (C=O) groups is 2. The summed E-state index contributed by atoms with van der Waals surface area (Å²) in [5, 5.41) is 7.72. The molecular weight excluding hydrogens is 272 g/mol. The summed E-state index contributed by atoms with van der Waals surface area (Å²) in [5.41, 5.74) is 0. The van der Waals surface area contributed by atoms with Crippen molar-refractivity contribution in [2.75, 3.05) is 0 Å². The lowest BCUT2D eigenvalue weighted by molar-refractivity contribution is -0.124. The Morgan fingerprint density at radius 1 is 1.25 bits per heavy atom. The molecule has 0 unspecified atom stereocenters. The van der Waals surface area contributed by atoms with Crippen molar-refractivity contribution in [1.82, 2.24) is 10.6 Å². The fourth-order valence-electron chi connectivity index (χ4n) is 2.18. The van der Waals surface area contributed by atoms with E-state index in [2.05, 4.69) is 10.6 Å². The summed E-state index contributed by atoms with van der Waals surface area (Å²) in [6, 6.07) is 3.31. The van der Waals surface area contributed by atoms with Crippen LogP contribution in [0.5, 0.6) is 0 Å². The lowest BCUT2D eigenvalue weighted by Gasteiger charge is -2.23. The third-order valence-corrected chi connectivity index (χ3v) is 4.55. The van der Waals surface area contributed by atoms with E-state index >= 15 is 0 Å². The SMILES string of the molecule is CC(C)[C@H](NC(=O)c1cccs1)C(=O)N[C@@H](C)C1CC1. The molecule has 0 radical (unpaired) electrons. The van der Waals surface area contributed by atoms with Crippen LogP contribution >= 0.6 is 11.3 Å². The molecule has 2 N–H and O–H groups in total. The van der Waals surface area contributed by atoms with Crippen molar-refractivity contribution in [1.29, 1.82) is 0 Å². The van der Waals surface area contributed by atoms with Gasteiger partial charge in [-0.2, -0.15) is 0 Å². The van der Waals surface area contributed by atoms with Crippen molar-refractivity contribution in [2.45, 2.75) is 45.7 Å². The van der Waals surface area contributed by atoms with Gasteiger partial charge in [-0.25, -0.2) is 0 Å². The lowest BCUT2D eigenvalue weighted by Crippen LogP contribution is -2.51. The summed E-state index contributed by atoms with van der Waals surface area (Å²) in [6.45, 7) is 5.93. The average Bonchev–Trinajstić information content (AvgIpc) is 3.10.